The van der Waals surface area contributed by atoms with Crippen molar-refractivity contribution >= 4 is 23.6 Å². The lowest BCUT2D eigenvalue weighted by Crippen LogP contribution is -2.54. The van der Waals surface area contributed by atoms with Gasteiger partial charge in [0.15, 0.2) is 0 Å². The zero-order chi connectivity index (χ0) is 19.1. The highest BCUT2D eigenvalue weighted by Gasteiger charge is 2.44. The van der Waals surface area contributed by atoms with Crippen molar-refractivity contribution in [2.24, 2.45) is 0 Å². The lowest BCUT2D eigenvalue weighted by Gasteiger charge is -2.39. The highest BCUT2D eigenvalue weighted by molar-refractivity contribution is 8.01. The maximum atomic E-state index is 12.5. The molecule has 2 saturated heterocycles. The Kier molecular flexibility index (Phi) is 7.19. The number of nitrogens with zero attached hydrogens (tertiary/aromatic N) is 1. The normalized spacial score (nSPS) is 21.4. The van der Waals surface area contributed by atoms with Gasteiger partial charge >= 0.3 is 0 Å². The largest absolute Gasteiger partial charge is 0.354 e. The summed E-state index contributed by atoms with van der Waals surface area (Å²) in [6.45, 7) is 4.37. The highest BCUT2D eigenvalue weighted by Crippen LogP contribution is 2.39. The number of rotatable bonds is 7. The van der Waals surface area contributed by atoms with Gasteiger partial charge in [-0.25, -0.2) is 0 Å². The molecule has 6 heteroatoms. The molecule has 0 aliphatic carbocycles. The Morgan fingerprint density at radius 3 is 2.70 bits per heavy atom. The summed E-state index contributed by atoms with van der Waals surface area (Å²) in [7, 11) is 0. The molecule has 0 radical (unpaired) electrons. The Hall–Kier alpha value is -1.53. The van der Waals surface area contributed by atoms with Crippen LogP contribution >= 0.6 is 11.8 Å². The average molecular weight is 390 g/mol. The van der Waals surface area contributed by atoms with Crippen molar-refractivity contribution in [2.45, 2.75) is 56.4 Å². The minimum Gasteiger partial charge on any atom is -0.354 e. The minimum atomic E-state index is -0.131. The smallest absolute Gasteiger partial charge is 0.238 e. The molecule has 148 valence electrons. The molecule has 2 heterocycles. The molecule has 1 aromatic carbocycles. The first-order valence-corrected chi connectivity index (χ1v) is 11.1. The number of unbranched alkanes of at least 4 members (excludes halogenated alkanes) is 1. The van der Waals surface area contributed by atoms with Crippen molar-refractivity contribution in [2.75, 3.05) is 25.4 Å². The number of amides is 2. The molecule has 2 N–H and O–H groups in total. The summed E-state index contributed by atoms with van der Waals surface area (Å²) in [5, 5.41) is 6.64. The number of benzene rings is 1. The minimum absolute atomic E-state index is 0.0387. The van der Waals surface area contributed by atoms with Gasteiger partial charge in [-0.15, -0.1) is 11.8 Å². The van der Waals surface area contributed by atoms with E-state index in [1.165, 1.54) is 5.56 Å². The fourth-order valence-electron chi connectivity index (χ4n) is 3.77. The molecule has 1 spiro atoms. The van der Waals surface area contributed by atoms with E-state index < -0.39 is 0 Å². The Balaban J connectivity index is 1.40. The summed E-state index contributed by atoms with van der Waals surface area (Å²) >= 11 is 1.85. The van der Waals surface area contributed by atoms with Gasteiger partial charge in [-0.2, -0.15) is 0 Å². The number of carbonyl (C=O) groups is 2. The zero-order valence-electron chi connectivity index (χ0n) is 16.2. The first-order valence-electron chi connectivity index (χ1n) is 10.1. The SMILES string of the molecule is CCCCC(=O)N1CCC2(CC1)N[C@@H](C(=O)NCCc1ccccc1)CS2. The number of piperidine rings is 1. The molecular formula is C21H31N3O2S. The average Bonchev–Trinajstić information content (AvgIpc) is 3.11. The summed E-state index contributed by atoms with van der Waals surface area (Å²) in [6, 6.07) is 10.1. The summed E-state index contributed by atoms with van der Waals surface area (Å²) in [6.07, 6.45) is 5.39. The Morgan fingerprint density at radius 2 is 2.00 bits per heavy atom. The van der Waals surface area contributed by atoms with Gasteiger partial charge in [0.05, 0.1) is 10.9 Å². The molecule has 0 unspecified atom stereocenters. The maximum absolute atomic E-state index is 12.5. The summed E-state index contributed by atoms with van der Waals surface area (Å²) in [4.78, 5) is 26.7. The lowest BCUT2D eigenvalue weighted by atomic mass is 10.0. The van der Waals surface area contributed by atoms with Crippen molar-refractivity contribution in [1.82, 2.24) is 15.5 Å². The summed E-state index contributed by atoms with van der Waals surface area (Å²) < 4.78 is 0. The predicted molar refractivity (Wildman–Crippen MR) is 111 cm³/mol. The van der Waals surface area contributed by atoms with Gasteiger partial charge in [0.25, 0.3) is 0 Å². The van der Waals surface area contributed by atoms with E-state index in [0.717, 1.165) is 50.9 Å². The molecule has 1 aromatic rings. The van der Waals surface area contributed by atoms with Gasteiger partial charge in [-0.3, -0.25) is 14.9 Å². The van der Waals surface area contributed by atoms with Crippen LogP contribution in [-0.4, -0.2) is 53.0 Å². The van der Waals surface area contributed by atoms with Crippen molar-refractivity contribution in [1.29, 1.82) is 0 Å². The van der Waals surface area contributed by atoms with E-state index >= 15 is 0 Å². The van der Waals surface area contributed by atoms with Crippen LogP contribution in [0.1, 0.15) is 44.6 Å². The summed E-state index contributed by atoms with van der Waals surface area (Å²) in [5.74, 6) is 1.18. The number of thioether (sulfide) groups is 1. The second kappa shape index (κ2) is 9.60. The molecule has 2 amide bonds. The van der Waals surface area contributed by atoms with E-state index in [1.807, 2.05) is 34.9 Å². The van der Waals surface area contributed by atoms with Crippen LogP contribution in [0.4, 0.5) is 0 Å². The molecule has 2 fully saturated rings. The van der Waals surface area contributed by atoms with E-state index in [-0.39, 0.29) is 22.7 Å². The molecule has 3 rings (SSSR count). The van der Waals surface area contributed by atoms with Crippen LogP contribution in [0.25, 0.3) is 0 Å². The van der Waals surface area contributed by atoms with Crippen LogP contribution in [0.5, 0.6) is 0 Å². The van der Waals surface area contributed by atoms with Crippen LogP contribution in [-0.2, 0) is 16.0 Å². The molecular weight excluding hydrogens is 358 g/mol. The second-order valence-electron chi connectivity index (χ2n) is 7.51. The van der Waals surface area contributed by atoms with Crippen LogP contribution in [0.15, 0.2) is 30.3 Å². The molecule has 2 aliphatic rings. The lowest BCUT2D eigenvalue weighted by molar-refractivity contribution is -0.132. The van der Waals surface area contributed by atoms with Gasteiger partial charge in [-0.05, 0) is 31.2 Å². The number of hydrogen-bond acceptors (Lipinski definition) is 4. The van der Waals surface area contributed by atoms with Crippen LogP contribution in [0.2, 0.25) is 0 Å². The van der Waals surface area contributed by atoms with Gasteiger partial charge in [0.2, 0.25) is 11.8 Å². The molecule has 0 bridgehead atoms. The van der Waals surface area contributed by atoms with Crippen molar-refractivity contribution in [3.63, 3.8) is 0 Å². The monoisotopic (exact) mass is 389 g/mol. The first kappa shape index (κ1) is 20.2. The van der Waals surface area contributed by atoms with E-state index in [4.69, 9.17) is 0 Å². The van der Waals surface area contributed by atoms with Crippen LogP contribution in [0, 0.1) is 0 Å². The third-order valence-corrected chi connectivity index (χ3v) is 7.08. The van der Waals surface area contributed by atoms with E-state index in [2.05, 4.69) is 29.7 Å². The number of carbonyl (C=O) groups excluding carboxylic acids is 2. The van der Waals surface area contributed by atoms with Gasteiger partial charge in [-0.1, -0.05) is 43.7 Å². The van der Waals surface area contributed by atoms with E-state index in [9.17, 15) is 9.59 Å². The van der Waals surface area contributed by atoms with Crippen LogP contribution < -0.4 is 10.6 Å². The quantitative estimate of drug-likeness (QED) is 0.752. The Morgan fingerprint density at radius 1 is 1.26 bits per heavy atom. The van der Waals surface area contributed by atoms with Gasteiger partial charge < -0.3 is 10.2 Å². The molecule has 0 saturated carbocycles. The van der Waals surface area contributed by atoms with Gasteiger partial charge in [0.1, 0.15) is 0 Å². The highest BCUT2D eigenvalue weighted by atomic mass is 32.2. The third-order valence-electron chi connectivity index (χ3n) is 5.50. The first-order chi connectivity index (χ1) is 13.1. The van der Waals surface area contributed by atoms with Crippen molar-refractivity contribution in [3.05, 3.63) is 35.9 Å². The number of nitrogens with one attached hydrogen (secondary N) is 2. The van der Waals surface area contributed by atoms with Gasteiger partial charge in [0, 0.05) is 31.8 Å². The Labute approximate surface area is 166 Å². The topological polar surface area (TPSA) is 61.4 Å². The predicted octanol–water partition coefficient (Wildman–Crippen LogP) is 2.56. The molecule has 0 aromatic heterocycles. The molecule has 5 nitrogen and oxygen atoms in total. The Bertz CT molecular complexity index is 630. The van der Waals surface area contributed by atoms with Crippen molar-refractivity contribution < 1.29 is 9.59 Å². The molecule has 27 heavy (non-hydrogen) atoms. The number of likely N-dealkylation sites (tertiary alicyclic amines) is 1. The standard InChI is InChI=1S/C21H31N3O2S/c1-2-3-9-19(25)24-14-11-21(12-15-24)23-18(16-27-21)20(26)22-13-10-17-7-5-4-6-8-17/h4-8,18,23H,2-3,9-16H2,1H3,(H,22,26)/t18-/m1/s1. The van der Waals surface area contributed by atoms with E-state index in [0.29, 0.717) is 13.0 Å². The molecule has 2 aliphatic heterocycles. The fraction of sp³-hybridized carbons (Fsp3) is 0.619. The molecule has 1 atom stereocenters. The van der Waals surface area contributed by atoms with E-state index in [1.54, 1.807) is 0 Å². The van der Waals surface area contributed by atoms with Crippen molar-refractivity contribution in [3.8, 4) is 0 Å². The maximum Gasteiger partial charge on any atom is 0.238 e. The summed E-state index contributed by atoms with van der Waals surface area (Å²) in [5.41, 5.74) is 1.24. The third kappa shape index (κ3) is 5.48. The fourth-order valence-corrected chi connectivity index (χ4v) is 5.19. The zero-order valence-corrected chi connectivity index (χ0v) is 17.0. The second-order valence-corrected chi connectivity index (χ2v) is 8.92. The number of hydrogen-bond donors (Lipinski definition) is 2. The van der Waals surface area contributed by atoms with Crippen LogP contribution in [0.3, 0.4) is 0 Å².